The Morgan fingerprint density at radius 3 is 2.78 bits per heavy atom. The molecule has 3 aromatic heterocycles. The van der Waals surface area contributed by atoms with Crippen LogP contribution in [0.1, 0.15) is 70.0 Å². The monoisotopic (exact) mass is 366 g/mol. The number of unbranched alkanes of at least 4 members (excludes halogenated alkanes) is 2. The third-order valence-corrected chi connectivity index (χ3v) is 5.47. The smallest absolute Gasteiger partial charge is 0.295 e. The van der Waals surface area contributed by atoms with Crippen molar-refractivity contribution in [1.29, 1.82) is 0 Å². The molecule has 0 spiro atoms. The van der Waals surface area contributed by atoms with Gasteiger partial charge < -0.3 is 4.52 Å². The summed E-state index contributed by atoms with van der Waals surface area (Å²) in [6.45, 7) is 2.26. The Kier molecular flexibility index (Phi) is 5.55. The first-order valence-corrected chi connectivity index (χ1v) is 10.0. The van der Waals surface area contributed by atoms with Gasteiger partial charge in [-0.05, 0) is 43.7 Å². The highest BCUT2D eigenvalue weighted by Gasteiger charge is 2.27. The summed E-state index contributed by atoms with van der Waals surface area (Å²) in [7, 11) is 0. The Morgan fingerprint density at radius 2 is 2.00 bits per heavy atom. The van der Waals surface area contributed by atoms with Crippen LogP contribution in [-0.4, -0.2) is 29.9 Å². The number of nitrogens with zero attached hydrogens (tertiary/aromatic N) is 6. The highest BCUT2D eigenvalue weighted by molar-refractivity contribution is 5.44. The Balaban J connectivity index is 1.43. The van der Waals surface area contributed by atoms with Gasteiger partial charge in [0.05, 0.1) is 0 Å². The van der Waals surface area contributed by atoms with E-state index in [-0.39, 0.29) is 0 Å². The molecule has 4 rings (SSSR count). The average Bonchev–Trinajstić information content (AvgIpc) is 3.39. The van der Waals surface area contributed by atoms with Crippen molar-refractivity contribution < 1.29 is 4.52 Å². The van der Waals surface area contributed by atoms with Gasteiger partial charge in [-0.25, -0.2) is 9.97 Å². The van der Waals surface area contributed by atoms with Crippen LogP contribution < -0.4 is 0 Å². The zero-order valence-corrected chi connectivity index (χ0v) is 15.8. The molecule has 7 heteroatoms. The van der Waals surface area contributed by atoms with Gasteiger partial charge in [-0.3, -0.25) is 0 Å². The van der Waals surface area contributed by atoms with Crippen molar-refractivity contribution in [2.45, 2.75) is 64.2 Å². The lowest BCUT2D eigenvalue weighted by Crippen LogP contribution is -2.14. The van der Waals surface area contributed by atoms with Gasteiger partial charge in [0, 0.05) is 12.1 Å². The van der Waals surface area contributed by atoms with Crippen LogP contribution in [0, 0.1) is 5.92 Å². The van der Waals surface area contributed by atoms with Crippen molar-refractivity contribution in [3.63, 3.8) is 0 Å². The van der Waals surface area contributed by atoms with Gasteiger partial charge in [0.25, 0.3) is 5.89 Å². The van der Waals surface area contributed by atoms with Crippen molar-refractivity contribution in [3.05, 3.63) is 36.5 Å². The number of hydrogen-bond donors (Lipinski definition) is 0. The first-order chi connectivity index (χ1) is 13.3. The molecule has 1 fully saturated rings. The minimum Gasteiger partial charge on any atom is -0.330 e. The van der Waals surface area contributed by atoms with Crippen molar-refractivity contribution >= 4 is 0 Å². The maximum absolute atomic E-state index is 5.52. The molecule has 0 saturated heterocycles. The highest BCUT2D eigenvalue weighted by Crippen LogP contribution is 2.37. The molecule has 0 amide bonds. The second-order valence-corrected chi connectivity index (χ2v) is 7.35. The Hall–Kier alpha value is -2.57. The Labute approximate surface area is 159 Å². The van der Waals surface area contributed by atoms with Crippen LogP contribution in [0.4, 0.5) is 0 Å². The van der Waals surface area contributed by atoms with Gasteiger partial charge in [0.15, 0.2) is 11.6 Å². The van der Waals surface area contributed by atoms with E-state index in [4.69, 9.17) is 4.52 Å². The van der Waals surface area contributed by atoms with Crippen LogP contribution in [-0.2, 0) is 0 Å². The molecule has 0 radical (unpaired) electrons. The fourth-order valence-electron chi connectivity index (χ4n) is 3.92. The molecule has 3 heterocycles. The van der Waals surface area contributed by atoms with Crippen LogP contribution in [0.25, 0.3) is 17.5 Å². The third-order valence-electron chi connectivity index (χ3n) is 5.47. The van der Waals surface area contributed by atoms with Crippen LogP contribution in [0.5, 0.6) is 0 Å². The zero-order chi connectivity index (χ0) is 18.5. The van der Waals surface area contributed by atoms with Crippen LogP contribution in [0.15, 0.2) is 35.2 Å². The van der Waals surface area contributed by atoms with Gasteiger partial charge in [-0.2, -0.15) is 14.8 Å². The first-order valence-electron chi connectivity index (χ1n) is 10.0. The molecule has 7 nitrogen and oxygen atoms in total. The molecule has 1 aliphatic rings. The number of aromatic nitrogens is 6. The Morgan fingerprint density at radius 1 is 1.11 bits per heavy atom. The van der Waals surface area contributed by atoms with E-state index in [0.717, 1.165) is 24.6 Å². The Bertz CT molecular complexity index is 835. The van der Waals surface area contributed by atoms with Crippen LogP contribution in [0.2, 0.25) is 0 Å². The fourth-order valence-corrected chi connectivity index (χ4v) is 3.92. The molecule has 0 unspecified atom stereocenters. The van der Waals surface area contributed by atoms with Crippen LogP contribution >= 0.6 is 0 Å². The summed E-state index contributed by atoms with van der Waals surface area (Å²) in [6, 6.07) is 5.64. The molecule has 0 atom stereocenters. The minimum absolute atomic E-state index is 0.385. The molecule has 27 heavy (non-hydrogen) atoms. The second-order valence-electron chi connectivity index (χ2n) is 7.35. The standard InChI is InChI=1S/C20H26N6O/c1-2-3-4-7-15-9-11-16(12-10-15)18-24-20(27-25-18)19-22-14-23-26(19)17-8-5-6-13-21-17/h5-6,8,13-16H,2-4,7,9-12H2,1H3. The lowest BCUT2D eigenvalue weighted by atomic mass is 9.79. The molecule has 3 aromatic rings. The molecule has 0 bridgehead atoms. The maximum atomic E-state index is 5.52. The van der Waals surface area contributed by atoms with Crippen molar-refractivity contribution in [2.75, 3.05) is 0 Å². The summed E-state index contributed by atoms with van der Waals surface area (Å²) in [4.78, 5) is 13.2. The van der Waals surface area contributed by atoms with E-state index < -0.39 is 0 Å². The van der Waals surface area contributed by atoms with E-state index in [1.54, 1.807) is 10.9 Å². The average molecular weight is 366 g/mol. The van der Waals surface area contributed by atoms with Crippen molar-refractivity contribution in [2.24, 2.45) is 5.92 Å². The SMILES string of the molecule is CCCCCC1CCC(c2noc(-c3ncnn3-c3ccccn3)n2)CC1. The third kappa shape index (κ3) is 4.07. The largest absolute Gasteiger partial charge is 0.330 e. The first kappa shape index (κ1) is 17.8. The summed E-state index contributed by atoms with van der Waals surface area (Å²) >= 11 is 0. The molecule has 0 aliphatic heterocycles. The summed E-state index contributed by atoms with van der Waals surface area (Å²) in [6.07, 6.45) is 13.4. The lowest BCUT2D eigenvalue weighted by molar-refractivity contribution is 0.291. The molecule has 1 saturated carbocycles. The number of pyridine rings is 1. The quantitative estimate of drug-likeness (QED) is 0.570. The van der Waals surface area contributed by atoms with E-state index in [9.17, 15) is 0 Å². The predicted octanol–water partition coefficient (Wildman–Crippen LogP) is 4.57. The second kappa shape index (κ2) is 8.41. The molecular formula is C20H26N6O. The van der Waals surface area contributed by atoms with E-state index >= 15 is 0 Å². The molecule has 142 valence electrons. The summed E-state index contributed by atoms with van der Waals surface area (Å²) in [5, 5.41) is 8.49. The normalized spacial score (nSPS) is 20.0. The highest BCUT2D eigenvalue weighted by atomic mass is 16.5. The number of hydrogen-bond acceptors (Lipinski definition) is 6. The predicted molar refractivity (Wildman–Crippen MR) is 101 cm³/mol. The van der Waals surface area contributed by atoms with E-state index in [1.165, 1.54) is 44.9 Å². The molecule has 0 aromatic carbocycles. The number of rotatable bonds is 7. The molecule has 1 aliphatic carbocycles. The zero-order valence-electron chi connectivity index (χ0n) is 15.8. The summed E-state index contributed by atoms with van der Waals surface area (Å²) < 4.78 is 7.15. The summed E-state index contributed by atoms with van der Waals surface area (Å²) in [5.41, 5.74) is 0. The van der Waals surface area contributed by atoms with E-state index in [2.05, 4.69) is 32.1 Å². The minimum atomic E-state index is 0.385. The summed E-state index contributed by atoms with van der Waals surface area (Å²) in [5.74, 6) is 3.66. The van der Waals surface area contributed by atoms with Gasteiger partial charge in [0.1, 0.15) is 6.33 Å². The van der Waals surface area contributed by atoms with Crippen molar-refractivity contribution in [3.8, 4) is 17.5 Å². The maximum Gasteiger partial charge on any atom is 0.295 e. The van der Waals surface area contributed by atoms with Gasteiger partial charge in [-0.1, -0.05) is 43.8 Å². The van der Waals surface area contributed by atoms with Gasteiger partial charge >= 0.3 is 0 Å². The van der Waals surface area contributed by atoms with Crippen LogP contribution in [0.3, 0.4) is 0 Å². The van der Waals surface area contributed by atoms with E-state index in [1.807, 2.05) is 18.2 Å². The van der Waals surface area contributed by atoms with Gasteiger partial charge in [-0.15, -0.1) is 0 Å². The topological polar surface area (TPSA) is 82.5 Å². The van der Waals surface area contributed by atoms with Crippen molar-refractivity contribution in [1.82, 2.24) is 29.9 Å². The molecule has 0 N–H and O–H groups in total. The lowest BCUT2D eigenvalue weighted by Gasteiger charge is -2.26. The molecular weight excluding hydrogens is 340 g/mol. The van der Waals surface area contributed by atoms with Gasteiger partial charge in [0.2, 0.25) is 5.82 Å². The fraction of sp³-hybridized carbons (Fsp3) is 0.550. The van der Waals surface area contributed by atoms with E-state index in [0.29, 0.717) is 23.5 Å².